The van der Waals surface area contributed by atoms with Crippen molar-refractivity contribution in [3.63, 3.8) is 0 Å². The third-order valence-electron chi connectivity index (χ3n) is 6.79. The zero-order valence-corrected chi connectivity index (χ0v) is 22.7. The number of thioether (sulfide) groups is 1. The van der Waals surface area contributed by atoms with Crippen molar-refractivity contribution in [3.8, 4) is 0 Å². The van der Waals surface area contributed by atoms with E-state index in [0.29, 0.717) is 26.2 Å². The lowest BCUT2D eigenvalue weighted by Gasteiger charge is -2.30. The Bertz CT molecular complexity index is 1710. The summed E-state index contributed by atoms with van der Waals surface area (Å²) >= 11 is 7.85. The molecular formula is C28H18ClF2N3O4S2. The van der Waals surface area contributed by atoms with Gasteiger partial charge >= 0.3 is 4.87 Å². The van der Waals surface area contributed by atoms with E-state index in [4.69, 9.17) is 11.6 Å². The Kier molecular flexibility index (Phi) is 6.81. The van der Waals surface area contributed by atoms with E-state index in [1.165, 1.54) is 41.0 Å². The van der Waals surface area contributed by atoms with Gasteiger partial charge in [-0.2, -0.15) is 0 Å². The standard InChI is InChI=1S/C28H18ClF2N3O4S2/c29-15-3-9-18(10-4-15)32-20(35)13-33-27-24(40-28(33)38)21(14-1-5-16(30)6-2-14)22-23(39-27)26(37)34(25(22)36)19-11-7-17(31)8-12-19/h1-12,21-23H,13H2,(H,32,35)/t21-,22?,23?/m1/s1. The highest BCUT2D eigenvalue weighted by Gasteiger charge is 2.56. The number of rotatable bonds is 5. The zero-order valence-electron chi connectivity index (χ0n) is 20.3. The molecule has 3 aromatic carbocycles. The maximum atomic E-state index is 13.8. The zero-order chi connectivity index (χ0) is 28.1. The maximum absolute atomic E-state index is 13.8. The topological polar surface area (TPSA) is 88.5 Å². The van der Waals surface area contributed by atoms with Gasteiger partial charge in [-0.15, -0.1) is 0 Å². The lowest BCUT2D eigenvalue weighted by molar-refractivity contribution is -0.122. The van der Waals surface area contributed by atoms with E-state index in [1.807, 2.05) is 0 Å². The van der Waals surface area contributed by atoms with Crippen molar-refractivity contribution in [2.75, 3.05) is 10.2 Å². The molecule has 3 heterocycles. The number of thiazole rings is 1. The Morgan fingerprint density at radius 1 is 0.875 bits per heavy atom. The summed E-state index contributed by atoms with van der Waals surface area (Å²) in [5, 5.41) is 2.71. The average Bonchev–Trinajstić information content (AvgIpc) is 3.37. The van der Waals surface area contributed by atoms with Gasteiger partial charge in [0.05, 0.1) is 16.6 Å². The molecule has 2 aliphatic heterocycles. The van der Waals surface area contributed by atoms with E-state index in [-0.39, 0.29) is 12.2 Å². The minimum atomic E-state index is -0.917. The Balaban J connectivity index is 1.40. The molecule has 0 saturated carbocycles. The third-order valence-corrected chi connectivity index (χ3v) is 9.65. The summed E-state index contributed by atoms with van der Waals surface area (Å²) in [6.07, 6.45) is 0. The van der Waals surface area contributed by atoms with Crippen LogP contribution in [0.15, 0.2) is 82.6 Å². The van der Waals surface area contributed by atoms with E-state index >= 15 is 0 Å². The highest BCUT2D eigenvalue weighted by molar-refractivity contribution is 8.00. The number of fused-ring (bicyclic) bond motifs is 2. The number of amides is 3. The van der Waals surface area contributed by atoms with Crippen LogP contribution in [-0.2, 0) is 20.9 Å². The van der Waals surface area contributed by atoms with Crippen molar-refractivity contribution >= 4 is 63.8 Å². The van der Waals surface area contributed by atoms with Crippen molar-refractivity contribution in [1.29, 1.82) is 0 Å². The monoisotopic (exact) mass is 597 g/mol. The van der Waals surface area contributed by atoms with Gasteiger partial charge in [0.1, 0.15) is 23.4 Å². The predicted octanol–water partition coefficient (Wildman–Crippen LogP) is 5.28. The first-order valence-electron chi connectivity index (χ1n) is 12.1. The number of hydrogen-bond acceptors (Lipinski definition) is 6. The normalized spacial score (nSPS) is 19.9. The van der Waals surface area contributed by atoms with Gasteiger partial charge in [0.15, 0.2) is 0 Å². The number of nitrogens with zero attached hydrogens (tertiary/aromatic N) is 2. The van der Waals surface area contributed by atoms with Gasteiger partial charge in [0.2, 0.25) is 17.7 Å². The van der Waals surface area contributed by atoms with E-state index in [9.17, 15) is 28.0 Å². The molecule has 6 rings (SSSR count). The minimum Gasteiger partial charge on any atom is -0.325 e. The molecule has 1 saturated heterocycles. The summed E-state index contributed by atoms with van der Waals surface area (Å²) < 4.78 is 28.7. The third kappa shape index (κ3) is 4.63. The summed E-state index contributed by atoms with van der Waals surface area (Å²) in [5.41, 5.74) is 1.28. The number of halogens is 3. The van der Waals surface area contributed by atoms with E-state index in [1.54, 1.807) is 24.3 Å². The second kappa shape index (κ2) is 10.3. The number of benzene rings is 3. The van der Waals surface area contributed by atoms with Crippen molar-refractivity contribution in [1.82, 2.24) is 4.57 Å². The SMILES string of the molecule is O=C(Cn1c2c(sc1=O)[C@H](c1ccc(F)cc1)C1C(=O)N(c3ccc(F)cc3)C(=O)C1S2)Nc1ccc(Cl)cc1. The molecule has 4 aromatic rings. The fourth-order valence-electron chi connectivity index (χ4n) is 5.01. The van der Waals surface area contributed by atoms with E-state index in [0.717, 1.165) is 40.1 Å². The van der Waals surface area contributed by atoms with Crippen molar-refractivity contribution in [2.24, 2.45) is 5.92 Å². The van der Waals surface area contributed by atoms with Crippen molar-refractivity contribution < 1.29 is 23.2 Å². The molecule has 7 nitrogen and oxygen atoms in total. The highest BCUT2D eigenvalue weighted by atomic mass is 35.5. The summed E-state index contributed by atoms with van der Waals surface area (Å²) in [4.78, 5) is 54.6. The molecule has 3 atom stereocenters. The van der Waals surface area contributed by atoms with Crippen LogP contribution in [0.3, 0.4) is 0 Å². The Morgan fingerprint density at radius 2 is 1.50 bits per heavy atom. The van der Waals surface area contributed by atoms with Crippen LogP contribution in [0, 0.1) is 17.6 Å². The number of aromatic nitrogens is 1. The fourth-order valence-corrected chi connectivity index (χ4v) is 7.91. The number of carbonyl (C=O) groups is 3. The molecule has 12 heteroatoms. The summed E-state index contributed by atoms with van der Waals surface area (Å²) in [7, 11) is 0. The molecule has 1 fully saturated rings. The van der Waals surface area contributed by atoms with Gasteiger partial charge in [-0.25, -0.2) is 13.7 Å². The van der Waals surface area contributed by atoms with Gasteiger partial charge in [-0.1, -0.05) is 46.8 Å². The van der Waals surface area contributed by atoms with Crippen LogP contribution >= 0.6 is 34.7 Å². The van der Waals surface area contributed by atoms with Crippen molar-refractivity contribution in [2.45, 2.75) is 22.7 Å². The molecule has 2 aliphatic rings. The number of anilines is 2. The molecule has 40 heavy (non-hydrogen) atoms. The molecule has 0 spiro atoms. The largest absolute Gasteiger partial charge is 0.325 e. The van der Waals surface area contributed by atoms with Crippen LogP contribution in [0.5, 0.6) is 0 Å². The van der Waals surface area contributed by atoms with Gasteiger partial charge in [0, 0.05) is 21.5 Å². The average molecular weight is 598 g/mol. The smallest absolute Gasteiger partial charge is 0.308 e. The predicted molar refractivity (Wildman–Crippen MR) is 149 cm³/mol. The number of carbonyl (C=O) groups excluding carboxylic acids is 3. The van der Waals surface area contributed by atoms with Gasteiger partial charge < -0.3 is 5.32 Å². The Hall–Kier alpha value is -3.80. The Labute approximate surface area is 239 Å². The van der Waals surface area contributed by atoms with E-state index in [2.05, 4.69) is 5.32 Å². The fraction of sp³-hybridized carbons (Fsp3) is 0.143. The summed E-state index contributed by atoms with van der Waals surface area (Å²) in [5.74, 6) is -4.09. The quantitative estimate of drug-likeness (QED) is 0.317. The molecule has 202 valence electrons. The molecular weight excluding hydrogens is 580 g/mol. The van der Waals surface area contributed by atoms with E-state index < -0.39 is 51.3 Å². The number of nitrogens with one attached hydrogen (secondary N) is 1. The van der Waals surface area contributed by atoms with Crippen LogP contribution in [0.1, 0.15) is 16.4 Å². The summed E-state index contributed by atoms with van der Waals surface area (Å²) in [6.45, 7) is -0.322. The van der Waals surface area contributed by atoms with Crippen molar-refractivity contribution in [3.05, 3.63) is 110 Å². The second-order valence-corrected chi connectivity index (χ2v) is 11.8. The highest BCUT2D eigenvalue weighted by Crippen LogP contribution is 2.53. The number of imide groups is 1. The van der Waals surface area contributed by atoms with Gasteiger partial charge in [-0.05, 0) is 66.2 Å². The maximum Gasteiger partial charge on any atom is 0.308 e. The lowest BCUT2D eigenvalue weighted by Crippen LogP contribution is -2.33. The molecule has 1 N–H and O–H groups in total. The first-order chi connectivity index (χ1) is 19.2. The first-order valence-corrected chi connectivity index (χ1v) is 14.1. The second-order valence-electron chi connectivity index (χ2n) is 9.26. The van der Waals surface area contributed by atoms with Crippen LogP contribution in [0.25, 0.3) is 0 Å². The minimum absolute atomic E-state index is 0.229. The summed E-state index contributed by atoms with van der Waals surface area (Å²) in [6, 6.07) is 17.1. The van der Waals surface area contributed by atoms with Crippen LogP contribution in [0.4, 0.5) is 20.2 Å². The number of hydrogen-bond donors (Lipinski definition) is 1. The van der Waals surface area contributed by atoms with Gasteiger partial charge in [-0.3, -0.25) is 23.7 Å². The molecule has 0 radical (unpaired) electrons. The van der Waals surface area contributed by atoms with Gasteiger partial charge in [0.25, 0.3) is 0 Å². The molecule has 2 unspecified atom stereocenters. The molecule has 3 amide bonds. The van der Waals surface area contributed by atoms with Crippen LogP contribution in [0.2, 0.25) is 5.02 Å². The van der Waals surface area contributed by atoms with Crippen LogP contribution in [-0.4, -0.2) is 27.5 Å². The Morgan fingerprint density at radius 3 is 2.15 bits per heavy atom. The molecule has 1 aromatic heterocycles. The first kappa shape index (κ1) is 26.4. The lowest BCUT2D eigenvalue weighted by atomic mass is 9.83. The van der Waals surface area contributed by atoms with Crippen LogP contribution < -0.4 is 15.1 Å². The molecule has 0 aliphatic carbocycles. The molecule has 0 bridgehead atoms.